The summed E-state index contributed by atoms with van der Waals surface area (Å²) in [4.78, 5) is 37.7. The van der Waals surface area contributed by atoms with Gasteiger partial charge in [-0.3, -0.25) is 4.57 Å². The zero-order chi connectivity index (χ0) is 27.7. The number of fused-ring (bicyclic) bond motifs is 4. The fraction of sp³-hybridized carbons (Fsp3) is 0.258. The first-order valence-electron chi connectivity index (χ1n) is 12.8. The number of amides is 1. The second-order valence-electron chi connectivity index (χ2n) is 10.6. The van der Waals surface area contributed by atoms with Gasteiger partial charge in [0.25, 0.3) is 0 Å². The van der Waals surface area contributed by atoms with Crippen molar-refractivity contribution in [2.75, 3.05) is 6.61 Å². The Morgan fingerprint density at radius 1 is 0.923 bits per heavy atom. The largest absolute Gasteiger partial charge is 0.480 e. The van der Waals surface area contributed by atoms with Crippen LogP contribution < -0.4 is 5.32 Å². The molecule has 0 aliphatic heterocycles. The van der Waals surface area contributed by atoms with Gasteiger partial charge in [-0.15, -0.1) is 0 Å². The summed E-state index contributed by atoms with van der Waals surface area (Å²) in [5.41, 5.74) is 4.82. The van der Waals surface area contributed by atoms with E-state index in [0.29, 0.717) is 16.5 Å². The number of nitrogens with one attached hydrogen (secondary N) is 1. The summed E-state index contributed by atoms with van der Waals surface area (Å²) in [5.74, 6) is -1.35. The van der Waals surface area contributed by atoms with E-state index in [1.807, 2.05) is 48.5 Å². The SMILES string of the molecule is CC(C)(C)OC(=O)n1cc(C[C@@H](NC(=O)OCC2c3ccccc3-c3ccccc32)C(=O)O)c2ccccc21. The van der Waals surface area contributed by atoms with Crippen molar-refractivity contribution in [3.05, 3.63) is 95.7 Å². The first kappa shape index (κ1) is 26.0. The quantitative estimate of drug-likeness (QED) is 0.321. The van der Waals surface area contributed by atoms with Crippen LogP contribution in [0.15, 0.2) is 79.0 Å². The van der Waals surface area contributed by atoms with Crippen LogP contribution in [-0.4, -0.2) is 46.1 Å². The highest BCUT2D eigenvalue weighted by Crippen LogP contribution is 2.44. The molecule has 0 radical (unpaired) electrons. The first-order chi connectivity index (χ1) is 18.6. The molecule has 0 saturated carbocycles. The molecule has 0 fully saturated rings. The van der Waals surface area contributed by atoms with Crippen LogP contribution in [0.3, 0.4) is 0 Å². The molecule has 5 rings (SSSR count). The number of carboxylic acids is 1. The van der Waals surface area contributed by atoms with E-state index in [-0.39, 0.29) is 18.9 Å². The molecule has 1 aliphatic rings. The number of ether oxygens (including phenoxy) is 2. The van der Waals surface area contributed by atoms with Gasteiger partial charge in [-0.25, -0.2) is 14.4 Å². The molecule has 1 amide bonds. The number of carboxylic acid groups (broad SMARTS) is 1. The van der Waals surface area contributed by atoms with Crippen LogP contribution in [0.1, 0.15) is 43.4 Å². The molecule has 1 heterocycles. The molecule has 0 saturated heterocycles. The molecule has 39 heavy (non-hydrogen) atoms. The van der Waals surface area contributed by atoms with Crippen LogP contribution in [-0.2, 0) is 20.7 Å². The smallest absolute Gasteiger partial charge is 0.419 e. The number of hydrogen-bond donors (Lipinski definition) is 2. The maximum absolute atomic E-state index is 12.8. The highest BCUT2D eigenvalue weighted by atomic mass is 16.6. The van der Waals surface area contributed by atoms with E-state index < -0.39 is 29.8 Å². The summed E-state index contributed by atoms with van der Waals surface area (Å²) >= 11 is 0. The molecule has 200 valence electrons. The average Bonchev–Trinajstić information content (AvgIpc) is 3.42. The minimum atomic E-state index is -1.27. The predicted octanol–water partition coefficient (Wildman–Crippen LogP) is 5.96. The summed E-state index contributed by atoms with van der Waals surface area (Å²) in [6.07, 6.45) is 0.130. The Morgan fingerprint density at radius 2 is 1.51 bits per heavy atom. The van der Waals surface area contributed by atoms with Crippen LogP contribution in [0, 0.1) is 0 Å². The van der Waals surface area contributed by atoms with E-state index in [2.05, 4.69) is 5.32 Å². The van der Waals surface area contributed by atoms with Gasteiger partial charge in [-0.1, -0.05) is 66.7 Å². The second-order valence-corrected chi connectivity index (χ2v) is 10.6. The third kappa shape index (κ3) is 5.36. The zero-order valence-corrected chi connectivity index (χ0v) is 22.0. The number of benzene rings is 3. The minimum absolute atomic E-state index is 0.0458. The fourth-order valence-electron chi connectivity index (χ4n) is 5.08. The Hall–Kier alpha value is -4.59. The predicted molar refractivity (Wildman–Crippen MR) is 147 cm³/mol. The van der Waals surface area contributed by atoms with Gasteiger partial charge in [0.2, 0.25) is 0 Å². The van der Waals surface area contributed by atoms with Crippen molar-refractivity contribution in [3.63, 3.8) is 0 Å². The molecule has 8 nitrogen and oxygen atoms in total. The van der Waals surface area contributed by atoms with Crippen LogP contribution in [0.25, 0.3) is 22.0 Å². The van der Waals surface area contributed by atoms with E-state index in [0.717, 1.165) is 22.3 Å². The topological polar surface area (TPSA) is 107 Å². The summed E-state index contributed by atoms with van der Waals surface area (Å²) in [5, 5.41) is 13.1. The van der Waals surface area contributed by atoms with Gasteiger partial charge in [0, 0.05) is 23.9 Å². The Labute approximate surface area is 226 Å². The molecular formula is C31H30N2O6. The normalized spacial score (nSPS) is 13.4. The van der Waals surface area contributed by atoms with Crippen LogP contribution in [0.5, 0.6) is 0 Å². The molecule has 1 aliphatic carbocycles. The Bertz CT molecular complexity index is 1520. The van der Waals surface area contributed by atoms with Crippen molar-refractivity contribution >= 4 is 29.1 Å². The molecule has 4 aromatic rings. The molecule has 2 N–H and O–H groups in total. The Balaban J connectivity index is 1.31. The summed E-state index contributed by atoms with van der Waals surface area (Å²) in [7, 11) is 0. The molecule has 0 unspecified atom stereocenters. The van der Waals surface area contributed by atoms with Crippen molar-refractivity contribution in [1.82, 2.24) is 9.88 Å². The average molecular weight is 527 g/mol. The summed E-state index contributed by atoms with van der Waals surface area (Å²) in [6, 6.07) is 21.9. The maximum atomic E-state index is 12.8. The number of rotatable bonds is 6. The standard InChI is InChI=1S/C31H30N2O6/c1-31(2,3)39-30(37)33-17-19(20-10-8-9-15-27(20)33)16-26(28(34)35)32-29(36)38-18-25-23-13-6-4-11-21(23)22-12-5-7-14-24(22)25/h4-15,17,25-26H,16,18H2,1-3H3,(H,32,36)(H,34,35)/t26-/m1/s1. The van der Waals surface area contributed by atoms with Gasteiger partial charge in [0.05, 0.1) is 5.52 Å². The molecular weight excluding hydrogens is 496 g/mol. The third-order valence-electron chi connectivity index (χ3n) is 6.74. The van der Waals surface area contributed by atoms with Crippen LogP contribution in [0.4, 0.5) is 9.59 Å². The second kappa shape index (κ2) is 10.3. The summed E-state index contributed by atoms with van der Waals surface area (Å²) < 4.78 is 12.4. The zero-order valence-electron chi connectivity index (χ0n) is 22.0. The number of hydrogen-bond acceptors (Lipinski definition) is 5. The first-order valence-corrected chi connectivity index (χ1v) is 12.8. The molecule has 1 aromatic heterocycles. The monoisotopic (exact) mass is 526 g/mol. The van der Waals surface area contributed by atoms with E-state index in [9.17, 15) is 19.5 Å². The lowest BCUT2D eigenvalue weighted by Crippen LogP contribution is -2.42. The Morgan fingerprint density at radius 3 is 2.13 bits per heavy atom. The van der Waals surface area contributed by atoms with E-state index in [4.69, 9.17) is 9.47 Å². The number of nitrogens with zero attached hydrogens (tertiary/aromatic N) is 1. The van der Waals surface area contributed by atoms with Crippen molar-refractivity contribution in [3.8, 4) is 11.1 Å². The van der Waals surface area contributed by atoms with Crippen molar-refractivity contribution in [2.24, 2.45) is 0 Å². The lowest BCUT2D eigenvalue weighted by Gasteiger charge is -2.19. The lowest BCUT2D eigenvalue weighted by molar-refractivity contribution is -0.139. The van der Waals surface area contributed by atoms with Crippen LogP contribution in [0.2, 0.25) is 0 Å². The van der Waals surface area contributed by atoms with Gasteiger partial charge in [-0.2, -0.15) is 0 Å². The van der Waals surface area contributed by atoms with Gasteiger partial charge in [-0.05, 0) is 54.7 Å². The minimum Gasteiger partial charge on any atom is -0.480 e. The van der Waals surface area contributed by atoms with Crippen molar-refractivity contribution in [2.45, 2.75) is 44.8 Å². The maximum Gasteiger partial charge on any atom is 0.419 e. The van der Waals surface area contributed by atoms with E-state index in [1.54, 1.807) is 51.2 Å². The van der Waals surface area contributed by atoms with Gasteiger partial charge < -0.3 is 19.9 Å². The van der Waals surface area contributed by atoms with Crippen molar-refractivity contribution < 1.29 is 29.0 Å². The van der Waals surface area contributed by atoms with Gasteiger partial charge >= 0.3 is 18.2 Å². The van der Waals surface area contributed by atoms with Gasteiger partial charge in [0.15, 0.2) is 0 Å². The number of alkyl carbamates (subject to hydrolysis) is 1. The highest BCUT2D eigenvalue weighted by molar-refractivity contribution is 5.92. The number of aliphatic carboxylic acids is 1. The molecule has 3 aromatic carbocycles. The van der Waals surface area contributed by atoms with Gasteiger partial charge in [0.1, 0.15) is 18.2 Å². The molecule has 1 atom stereocenters. The lowest BCUT2D eigenvalue weighted by atomic mass is 9.98. The third-order valence-corrected chi connectivity index (χ3v) is 6.74. The number of carbonyl (C=O) groups excluding carboxylic acids is 2. The fourth-order valence-corrected chi connectivity index (χ4v) is 5.08. The Kier molecular flexibility index (Phi) is 6.87. The number of carbonyl (C=O) groups is 3. The van der Waals surface area contributed by atoms with E-state index in [1.165, 1.54) is 4.57 Å². The van der Waals surface area contributed by atoms with Crippen LogP contribution >= 0.6 is 0 Å². The van der Waals surface area contributed by atoms with E-state index >= 15 is 0 Å². The number of para-hydroxylation sites is 1. The molecule has 8 heteroatoms. The molecule has 0 spiro atoms. The number of aromatic nitrogens is 1. The van der Waals surface area contributed by atoms with Crippen molar-refractivity contribution in [1.29, 1.82) is 0 Å². The molecule has 0 bridgehead atoms. The summed E-state index contributed by atoms with van der Waals surface area (Å²) in [6.45, 7) is 5.40. The highest BCUT2D eigenvalue weighted by Gasteiger charge is 2.30.